The lowest BCUT2D eigenvalue weighted by molar-refractivity contribution is 0.439. The largest absolute Gasteiger partial charge is 0.235 e. The Morgan fingerprint density at radius 2 is 1.70 bits per heavy atom. The molecule has 2 nitrogen and oxygen atoms in total. The van der Waals surface area contributed by atoms with Gasteiger partial charge in [0.05, 0.1) is 6.04 Å². The third kappa shape index (κ3) is 3.49. The second-order valence-corrected chi connectivity index (χ2v) is 6.12. The van der Waals surface area contributed by atoms with Gasteiger partial charge >= 0.3 is 0 Å². The number of benzene rings is 2. The van der Waals surface area contributed by atoms with E-state index in [9.17, 15) is 4.79 Å². The van der Waals surface area contributed by atoms with Crippen LogP contribution >= 0.6 is 0 Å². The van der Waals surface area contributed by atoms with E-state index in [1.54, 1.807) is 6.08 Å². The molecule has 2 heteroatoms. The fourth-order valence-electron chi connectivity index (χ4n) is 3.33. The summed E-state index contributed by atoms with van der Waals surface area (Å²) in [6.45, 7) is 4.04. The van der Waals surface area contributed by atoms with Gasteiger partial charge in [-0.2, -0.15) is 0 Å². The van der Waals surface area contributed by atoms with Crippen molar-refractivity contribution in [2.75, 3.05) is 0 Å². The Balaban J connectivity index is 0.000000151. The molecule has 0 aliphatic heterocycles. The molecule has 0 bridgehead atoms. The van der Waals surface area contributed by atoms with Crippen molar-refractivity contribution in [3.8, 4) is 11.1 Å². The predicted molar refractivity (Wildman–Crippen MR) is 95.2 cm³/mol. The highest BCUT2D eigenvalue weighted by molar-refractivity contribution is 5.82. The van der Waals surface area contributed by atoms with Crippen LogP contribution in [0.4, 0.5) is 0 Å². The van der Waals surface area contributed by atoms with Gasteiger partial charge in [0.1, 0.15) is 0 Å². The maximum atomic E-state index is 9.78. The number of isocyanates is 1. The highest BCUT2D eigenvalue weighted by atomic mass is 16.1. The zero-order chi connectivity index (χ0) is 16.1. The summed E-state index contributed by atoms with van der Waals surface area (Å²) < 4.78 is 0. The molecule has 1 fully saturated rings. The van der Waals surface area contributed by atoms with Crippen LogP contribution in [0.2, 0.25) is 0 Å². The summed E-state index contributed by atoms with van der Waals surface area (Å²) in [5.74, 6) is 0. The van der Waals surface area contributed by atoms with Crippen molar-refractivity contribution in [2.24, 2.45) is 4.99 Å². The van der Waals surface area contributed by atoms with Gasteiger partial charge in [0.15, 0.2) is 0 Å². The summed E-state index contributed by atoms with van der Waals surface area (Å²) in [6.07, 6.45) is 9.79. The first-order valence-electron chi connectivity index (χ1n) is 8.25. The molecular weight excluding hydrogens is 282 g/mol. The van der Waals surface area contributed by atoms with Gasteiger partial charge in [0.2, 0.25) is 6.08 Å². The van der Waals surface area contributed by atoms with E-state index in [-0.39, 0.29) is 0 Å². The zero-order valence-electron chi connectivity index (χ0n) is 13.3. The van der Waals surface area contributed by atoms with Gasteiger partial charge in [-0.25, -0.2) is 9.79 Å². The lowest BCUT2D eigenvalue weighted by Gasteiger charge is -2.14. The van der Waals surface area contributed by atoms with E-state index in [2.05, 4.69) is 60.1 Å². The van der Waals surface area contributed by atoms with Crippen molar-refractivity contribution >= 4 is 18.7 Å². The van der Waals surface area contributed by atoms with Gasteiger partial charge in [0, 0.05) is 0 Å². The summed E-state index contributed by atoms with van der Waals surface area (Å²) in [5, 5.41) is 2.38. The van der Waals surface area contributed by atoms with Crippen molar-refractivity contribution in [3.05, 3.63) is 58.5 Å². The number of nitrogens with zero attached hydrogens (tertiary/aromatic N) is 1. The summed E-state index contributed by atoms with van der Waals surface area (Å²) in [7, 11) is 0. The monoisotopic (exact) mass is 303 g/mol. The molecule has 0 atom stereocenters. The maximum Gasteiger partial charge on any atom is 0.235 e. The quantitative estimate of drug-likeness (QED) is 0.499. The average Bonchev–Trinajstić information content (AvgIpc) is 2.97. The van der Waals surface area contributed by atoms with E-state index in [1.807, 2.05) is 0 Å². The minimum atomic E-state index is 0.302. The Morgan fingerprint density at radius 3 is 2.48 bits per heavy atom. The fourth-order valence-corrected chi connectivity index (χ4v) is 3.33. The smallest absolute Gasteiger partial charge is 0.211 e. The van der Waals surface area contributed by atoms with E-state index < -0.39 is 0 Å². The first-order valence-corrected chi connectivity index (χ1v) is 8.25. The van der Waals surface area contributed by atoms with Gasteiger partial charge in [-0.15, -0.1) is 0 Å². The van der Waals surface area contributed by atoms with Crippen LogP contribution in [0.1, 0.15) is 37.7 Å². The third-order valence-electron chi connectivity index (χ3n) is 4.56. The molecule has 2 aliphatic rings. The van der Waals surface area contributed by atoms with Crippen LogP contribution in [0.3, 0.4) is 0 Å². The topological polar surface area (TPSA) is 29.4 Å². The molecule has 4 rings (SSSR count). The van der Waals surface area contributed by atoms with Crippen molar-refractivity contribution in [1.29, 1.82) is 0 Å². The Kier molecular flexibility index (Phi) is 4.85. The van der Waals surface area contributed by atoms with Crippen LogP contribution in [0.25, 0.3) is 23.8 Å². The lowest BCUT2D eigenvalue weighted by atomic mass is 9.96. The van der Waals surface area contributed by atoms with E-state index in [0.29, 0.717) is 6.04 Å². The second-order valence-electron chi connectivity index (χ2n) is 6.12. The van der Waals surface area contributed by atoms with Gasteiger partial charge in [-0.05, 0) is 46.0 Å². The van der Waals surface area contributed by atoms with E-state index in [0.717, 1.165) is 18.1 Å². The summed E-state index contributed by atoms with van der Waals surface area (Å²) in [6, 6.07) is 15.1. The minimum Gasteiger partial charge on any atom is -0.211 e. The van der Waals surface area contributed by atoms with E-state index >= 15 is 0 Å². The van der Waals surface area contributed by atoms with Crippen LogP contribution in [0.5, 0.6) is 0 Å². The van der Waals surface area contributed by atoms with Gasteiger partial charge in [-0.1, -0.05) is 68.3 Å². The Hall–Kier alpha value is -2.44. The number of hydrogen-bond acceptors (Lipinski definition) is 2. The van der Waals surface area contributed by atoms with Crippen LogP contribution in [0.15, 0.2) is 47.5 Å². The molecule has 0 amide bonds. The third-order valence-corrected chi connectivity index (χ3v) is 4.56. The summed E-state index contributed by atoms with van der Waals surface area (Å²) in [4.78, 5) is 13.5. The highest BCUT2D eigenvalue weighted by Crippen LogP contribution is 2.24. The second kappa shape index (κ2) is 7.21. The molecule has 116 valence electrons. The predicted octanol–water partition coefficient (Wildman–Crippen LogP) is 3.56. The van der Waals surface area contributed by atoms with Crippen LogP contribution < -0.4 is 10.4 Å². The van der Waals surface area contributed by atoms with E-state index in [4.69, 9.17) is 0 Å². The molecule has 0 heterocycles. The number of carbonyl (C=O) groups excluding carboxylic acids is 1. The SMILES string of the molecule is C=c1cccc2c1=Cc1ccccc1-2.O=C=NC1CCCCC1. The Labute approximate surface area is 136 Å². The fraction of sp³-hybridized carbons (Fsp3) is 0.286. The highest BCUT2D eigenvalue weighted by Gasteiger charge is 2.11. The van der Waals surface area contributed by atoms with Crippen LogP contribution in [-0.4, -0.2) is 12.1 Å². The van der Waals surface area contributed by atoms with Gasteiger partial charge in [0.25, 0.3) is 0 Å². The molecule has 23 heavy (non-hydrogen) atoms. The number of hydrogen-bond donors (Lipinski definition) is 0. The standard InChI is InChI=1S/C14H10.C7H11NO/c1-10-5-4-8-13-12-7-3-2-6-11(12)9-14(10)13;9-6-8-7-4-2-1-3-5-7/h2-9H,1H2;7H,1-5H2. The number of fused-ring (bicyclic) bond motifs is 3. The molecule has 0 saturated heterocycles. The van der Waals surface area contributed by atoms with Gasteiger partial charge in [-0.3, -0.25) is 0 Å². The molecule has 0 radical (unpaired) electrons. The lowest BCUT2D eigenvalue weighted by Crippen LogP contribution is -2.22. The van der Waals surface area contributed by atoms with Crippen molar-refractivity contribution < 1.29 is 4.79 Å². The first kappa shape index (κ1) is 15.5. The van der Waals surface area contributed by atoms with Gasteiger partial charge < -0.3 is 0 Å². The number of aliphatic imine (C=N–C) groups is 1. The van der Waals surface area contributed by atoms with E-state index in [1.165, 1.54) is 41.2 Å². The van der Waals surface area contributed by atoms with Crippen LogP contribution in [-0.2, 0) is 4.79 Å². The minimum absolute atomic E-state index is 0.302. The Bertz CT molecular complexity index is 840. The molecule has 2 aromatic rings. The van der Waals surface area contributed by atoms with Crippen molar-refractivity contribution in [3.63, 3.8) is 0 Å². The molecule has 0 unspecified atom stereocenters. The summed E-state index contributed by atoms with van der Waals surface area (Å²) in [5.41, 5.74) is 3.94. The molecule has 0 aromatic heterocycles. The molecule has 2 aromatic carbocycles. The van der Waals surface area contributed by atoms with Crippen molar-refractivity contribution in [2.45, 2.75) is 38.1 Å². The molecule has 0 spiro atoms. The normalized spacial score (nSPS) is 15.3. The molecule has 2 aliphatic carbocycles. The average molecular weight is 303 g/mol. The molecule has 0 N–H and O–H groups in total. The molecular formula is C21H21NO. The van der Waals surface area contributed by atoms with Crippen LogP contribution in [0, 0.1) is 0 Å². The first-order chi connectivity index (χ1) is 11.3. The molecule has 1 saturated carbocycles. The van der Waals surface area contributed by atoms with Crippen molar-refractivity contribution in [1.82, 2.24) is 0 Å². The maximum absolute atomic E-state index is 9.78. The zero-order valence-corrected chi connectivity index (χ0v) is 13.3. The number of rotatable bonds is 1. The Morgan fingerprint density at radius 1 is 0.957 bits per heavy atom. The summed E-state index contributed by atoms with van der Waals surface area (Å²) >= 11 is 0.